The van der Waals surface area contributed by atoms with Crippen LogP contribution in [0.5, 0.6) is 5.88 Å². The second kappa shape index (κ2) is 4.81. The summed E-state index contributed by atoms with van der Waals surface area (Å²) in [6.07, 6.45) is 6.72. The van der Waals surface area contributed by atoms with Crippen LogP contribution < -0.4 is 10.5 Å². The highest BCUT2D eigenvalue weighted by molar-refractivity contribution is 5.71. The maximum atomic E-state index is 6.46. The SMILES string of the molecule is COc1ccc2[nH]c(CC3(N)CCCCC3)nc2n1. The molecule has 19 heavy (non-hydrogen) atoms. The lowest BCUT2D eigenvalue weighted by Crippen LogP contribution is -2.44. The van der Waals surface area contributed by atoms with Gasteiger partial charge in [0.05, 0.1) is 12.6 Å². The van der Waals surface area contributed by atoms with Crippen LogP contribution in [0.3, 0.4) is 0 Å². The van der Waals surface area contributed by atoms with Gasteiger partial charge in [-0.2, -0.15) is 4.98 Å². The second-order valence-electron chi connectivity index (χ2n) is 5.51. The normalized spacial score (nSPS) is 18.6. The van der Waals surface area contributed by atoms with Gasteiger partial charge in [0.1, 0.15) is 5.82 Å². The summed E-state index contributed by atoms with van der Waals surface area (Å²) < 4.78 is 5.11. The van der Waals surface area contributed by atoms with Crippen LogP contribution >= 0.6 is 0 Å². The molecule has 0 aromatic carbocycles. The molecule has 0 amide bonds. The number of H-pyrrole nitrogens is 1. The first-order valence-electron chi connectivity index (χ1n) is 6.87. The van der Waals surface area contributed by atoms with Gasteiger partial charge in [-0.25, -0.2) is 4.98 Å². The van der Waals surface area contributed by atoms with Crippen LogP contribution in [0.1, 0.15) is 37.9 Å². The molecule has 0 unspecified atom stereocenters. The molecule has 0 atom stereocenters. The van der Waals surface area contributed by atoms with Crippen LogP contribution in [0.4, 0.5) is 0 Å². The first-order chi connectivity index (χ1) is 9.18. The van der Waals surface area contributed by atoms with E-state index in [2.05, 4.69) is 15.0 Å². The summed E-state index contributed by atoms with van der Waals surface area (Å²) in [7, 11) is 1.61. The Morgan fingerprint density at radius 3 is 2.79 bits per heavy atom. The number of ether oxygens (including phenoxy) is 1. The maximum Gasteiger partial charge on any atom is 0.215 e. The molecule has 0 saturated heterocycles. The predicted molar refractivity (Wildman–Crippen MR) is 74.1 cm³/mol. The molecule has 0 bridgehead atoms. The van der Waals surface area contributed by atoms with E-state index in [1.807, 2.05) is 12.1 Å². The summed E-state index contributed by atoms with van der Waals surface area (Å²) >= 11 is 0. The number of methoxy groups -OCH3 is 1. The van der Waals surface area contributed by atoms with Crippen molar-refractivity contribution in [3.05, 3.63) is 18.0 Å². The summed E-state index contributed by atoms with van der Waals surface area (Å²) in [5, 5.41) is 0. The van der Waals surface area contributed by atoms with Gasteiger partial charge in [-0.1, -0.05) is 19.3 Å². The molecule has 102 valence electrons. The zero-order valence-corrected chi connectivity index (χ0v) is 11.3. The van der Waals surface area contributed by atoms with E-state index in [9.17, 15) is 0 Å². The third-order valence-corrected chi connectivity index (χ3v) is 3.95. The van der Waals surface area contributed by atoms with Crippen molar-refractivity contribution in [1.82, 2.24) is 15.0 Å². The van der Waals surface area contributed by atoms with Gasteiger partial charge in [0.25, 0.3) is 0 Å². The number of rotatable bonds is 3. The standard InChI is InChI=1S/C14H20N4O/c1-19-12-6-5-10-13(18-12)17-11(16-10)9-14(15)7-3-2-4-8-14/h5-6H,2-4,7-9,15H2,1H3,(H,16,17,18). The smallest absolute Gasteiger partial charge is 0.215 e. The number of pyridine rings is 1. The highest BCUT2D eigenvalue weighted by Crippen LogP contribution is 2.29. The third-order valence-electron chi connectivity index (χ3n) is 3.95. The van der Waals surface area contributed by atoms with Crippen LogP contribution in [0.15, 0.2) is 12.1 Å². The summed E-state index contributed by atoms with van der Waals surface area (Å²) in [5.74, 6) is 1.52. The molecular weight excluding hydrogens is 240 g/mol. The average molecular weight is 260 g/mol. The molecule has 1 fully saturated rings. The van der Waals surface area contributed by atoms with Gasteiger partial charge < -0.3 is 15.5 Å². The van der Waals surface area contributed by atoms with E-state index in [0.29, 0.717) is 11.5 Å². The van der Waals surface area contributed by atoms with Crippen molar-refractivity contribution in [2.45, 2.75) is 44.1 Å². The first-order valence-corrected chi connectivity index (χ1v) is 6.87. The fourth-order valence-corrected chi connectivity index (χ4v) is 2.89. The molecule has 1 saturated carbocycles. The molecule has 0 aliphatic heterocycles. The van der Waals surface area contributed by atoms with Crippen LogP contribution in [0, 0.1) is 0 Å². The Kier molecular flexibility index (Phi) is 3.14. The summed E-state index contributed by atoms with van der Waals surface area (Å²) in [6, 6.07) is 3.78. The summed E-state index contributed by atoms with van der Waals surface area (Å²) in [4.78, 5) is 12.2. The van der Waals surface area contributed by atoms with Gasteiger partial charge in [-0.05, 0) is 18.9 Å². The first kappa shape index (κ1) is 12.4. The van der Waals surface area contributed by atoms with Crippen LogP contribution in [-0.2, 0) is 6.42 Å². The van der Waals surface area contributed by atoms with Gasteiger partial charge in [0, 0.05) is 18.0 Å². The Bertz CT molecular complexity index is 572. The summed E-state index contributed by atoms with van der Waals surface area (Å²) in [5.41, 5.74) is 8.01. The fraction of sp³-hybridized carbons (Fsp3) is 0.571. The number of aromatic amines is 1. The molecule has 0 radical (unpaired) electrons. The number of hydrogen-bond acceptors (Lipinski definition) is 4. The topological polar surface area (TPSA) is 76.8 Å². The van der Waals surface area contributed by atoms with Crippen molar-refractivity contribution in [2.24, 2.45) is 5.73 Å². The summed E-state index contributed by atoms with van der Waals surface area (Å²) in [6.45, 7) is 0. The highest BCUT2D eigenvalue weighted by atomic mass is 16.5. The van der Waals surface area contributed by atoms with Crippen LogP contribution in [-0.4, -0.2) is 27.6 Å². The Hall–Kier alpha value is -1.62. The predicted octanol–water partition coefficient (Wildman–Crippen LogP) is 2.17. The lowest BCUT2D eigenvalue weighted by molar-refractivity contribution is 0.290. The molecule has 3 rings (SSSR count). The van der Waals surface area contributed by atoms with E-state index in [0.717, 1.165) is 30.6 Å². The van der Waals surface area contributed by atoms with Crippen LogP contribution in [0.25, 0.3) is 11.2 Å². The lowest BCUT2D eigenvalue weighted by Gasteiger charge is -2.32. The zero-order valence-electron chi connectivity index (χ0n) is 11.3. The minimum Gasteiger partial charge on any atom is -0.481 e. The Labute approximate surface area is 112 Å². The Morgan fingerprint density at radius 1 is 1.26 bits per heavy atom. The zero-order chi connectivity index (χ0) is 13.3. The van der Waals surface area contributed by atoms with Crippen LogP contribution in [0.2, 0.25) is 0 Å². The molecule has 0 spiro atoms. The van der Waals surface area contributed by atoms with E-state index in [4.69, 9.17) is 10.5 Å². The van der Waals surface area contributed by atoms with E-state index < -0.39 is 0 Å². The molecule has 3 N–H and O–H groups in total. The fourth-order valence-electron chi connectivity index (χ4n) is 2.89. The van der Waals surface area contributed by atoms with Gasteiger partial charge >= 0.3 is 0 Å². The van der Waals surface area contributed by atoms with Crippen molar-refractivity contribution in [1.29, 1.82) is 0 Å². The van der Waals surface area contributed by atoms with Crippen molar-refractivity contribution in [3.8, 4) is 5.88 Å². The number of nitrogens with zero attached hydrogens (tertiary/aromatic N) is 2. The Balaban J connectivity index is 1.84. The molecule has 2 heterocycles. The number of hydrogen-bond donors (Lipinski definition) is 2. The van der Waals surface area contributed by atoms with Gasteiger partial charge in [0.2, 0.25) is 5.88 Å². The average Bonchev–Trinajstić information content (AvgIpc) is 2.79. The van der Waals surface area contributed by atoms with Crippen molar-refractivity contribution in [3.63, 3.8) is 0 Å². The quantitative estimate of drug-likeness (QED) is 0.886. The Morgan fingerprint density at radius 2 is 2.05 bits per heavy atom. The van der Waals surface area contributed by atoms with Crippen molar-refractivity contribution < 1.29 is 4.74 Å². The lowest BCUT2D eigenvalue weighted by atomic mass is 9.80. The number of aromatic nitrogens is 3. The molecule has 2 aromatic heterocycles. The van der Waals surface area contributed by atoms with Gasteiger partial charge in [-0.3, -0.25) is 0 Å². The maximum absolute atomic E-state index is 6.46. The number of fused-ring (bicyclic) bond motifs is 1. The van der Waals surface area contributed by atoms with E-state index >= 15 is 0 Å². The molecule has 2 aromatic rings. The van der Waals surface area contributed by atoms with E-state index in [1.165, 1.54) is 19.3 Å². The number of nitrogens with one attached hydrogen (secondary N) is 1. The van der Waals surface area contributed by atoms with Gasteiger partial charge in [-0.15, -0.1) is 0 Å². The minimum atomic E-state index is -0.101. The third kappa shape index (κ3) is 2.56. The monoisotopic (exact) mass is 260 g/mol. The largest absolute Gasteiger partial charge is 0.481 e. The highest BCUT2D eigenvalue weighted by Gasteiger charge is 2.28. The van der Waals surface area contributed by atoms with Crippen molar-refractivity contribution in [2.75, 3.05) is 7.11 Å². The molecular formula is C14H20N4O. The second-order valence-corrected chi connectivity index (χ2v) is 5.51. The van der Waals surface area contributed by atoms with E-state index in [1.54, 1.807) is 7.11 Å². The van der Waals surface area contributed by atoms with Gasteiger partial charge in [0.15, 0.2) is 5.65 Å². The number of nitrogens with two attached hydrogens (primary N) is 1. The molecule has 1 aliphatic rings. The van der Waals surface area contributed by atoms with Crippen molar-refractivity contribution >= 4 is 11.2 Å². The minimum absolute atomic E-state index is 0.101. The molecule has 5 heteroatoms. The molecule has 1 aliphatic carbocycles. The number of imidazole rings is 1. The molecule has 5 nitrogen and oxygen atoms in total. The van der Waals surface area contributed by atoms with E-state index in [-0.39, 0.29) is 5.54 Å².